The van der Waals surface area contributed by atoms with Gasteiger partial charge in [0.15, 0.2) is 11.5 Å². The van der Waals surface area contributed by atoms with E-state index in [2.05, 4.69) is 10.1 Å². The van der Waals surface area contributed by atoms with Crippen LogP contribution in [-0.4, -0.2) is 43.1 Å². The van der Waals surface area contributed by atoms with Gasteiger partial charge in [0, 0.05) is 32.4 Å². The third kappa shape index (κ3) is 4.02. The van der Waals surface area contributed by atoms with Gasteiger partial charge >= 0.3 is 0 Å². The van der Waals surface area contributed by atoms with Crippen molar-refractivity contribution in [1.29, 1.82) is 0 Å². The van der Waals surface area contributed by atoms with Crippen molar-refractivity contribution in [1.82, 2.24) is 14.4 Å². The Balaban J connectivity index is 1.77. The van der Waals surface area contributed by atoms with Crippen LogP contribution < -0.4 is 4.74 Å². The largest absolute Gasteiger partial charge is 0.495 e. The van der Waals surface area contributed by atoms with Gasteiger partial charge in [-0.2, -0.15) is 9.29 Å². The number of aromatic nitrogens is 2. The van der Waals surface area contributed by atoms with Gasteiger partial charge in [0.25, 0.3) is 5.89 Å². The predicted molar refractivity (Wildman–Crippen MR) is 96.6 cm³/mol. The van der Waals surface area contributed by atoms with E-state index in [1.54, 1.807) is 0 Å². The van der Waals surface area contributed by atoms with E-state index in [9.17, 15) is 12.8 Å². The van der Waals surface area contributed by atoms with Crippen LogP contribution in [-0.2, 0) is 22.1 Å². The van der Waals surface area contributed by atoms with Gasteiger partial charge in [0.2, 0.25) is 10.0 Å². The van der Waals surface area contributed by atoms with Gasteiger partial charge in [0.1, 0.15) is 16.5 Å². The molecule has 1 fully saturated rings. The van der Waals surface area contributed by atoms with Gasteiger partial charge < -0.3 is 9.26 Å². The minimum absolute atomic E-state index is 0.0358. The first-order valence-corrected chi connectivity index (χ1v) is 10.5. The maximum atomic E-state index is 15.3. The van der Waals surface area contributed by atoms with Crippen molar-refractivity contribution in [3.63, 3.8) is 0 Å². The molecule has 1 saturated heterocycles. The summed E-state index contributed by atoms with van der Waals surface area (Å²) in [6.45, 7) is 3.79. The molecule has 10 heteroatoms. The molecule has 0 N–H and O–H groups in total. The normalized spacial score (nSPS) is 17.8. The molecule has 0 unspecified atom stereocenters. The maximum absolute atomic E-state index is 15.3. The Morgan fingerprint density at radius 3 is 2.61 bits per heavy atom. The van der Waals surface area contributed by atoms with E-state index in [-0.39, 0.29) is 42.5 Å². The topological polar surface area (TPSA) is 85.5 Å². The van der Waals surface area contributed by atoms with Crippen LogP contribution in [0, 0.1) is 11.7 Å². The average molecular weight is 415 g/mol. The minimum Gasteiger partial charge on any atom is -0.495 e. The lowest BCUT2D eigenvalue weighted by atomic mass is 9.94. The number of methoxy groups -OCH3 is 1. The van der Waals surface area contributed by atoms with Gasteiger partial charge in [-0.05, 0) is 24.1 Å². The van der Waals surface area contributed by atoms with Crippen LogP contribution in [0.3, 0.4) is 0 Å². The van der Waals surface area contributed by atoms with Gasteiger partial charge in [-0.1, -0.05) is 19.0 Å². The van der Waals surface area contributed by atoms with Gasteiger partial charge in [-0.25, -0.2) is 17.2 Å². The number of alkyl halides is 1. The summed E-state index contributed by atoms with van der Waals surface area (Å²) in [5.41, 5.74) is -1.89. The predicted octanol–water partition coefficient (Wildman–Crippen LogP) is 3.07. The molecule has 3 rings (SSSR count). The number of ether oxygens (including phenoxy) is 1. The molecular formula is C18H23F2N3O4S. The number of rotatable bonds is 6. The third-order valence-electron chi connectivity index (χ3n) is 4.70. The fourth-order valence-electron chi connectivity index (χ4n) is 3.17. The monoisotopic (exact) mass is 415 g/mol. The zero-order chi connectivity index (χ0) is 20.5. The molecule has 2 heterocycles. The van der Waals surface area contributed by atoms with Crippen LogP contribution in [0.2, 0.25) is 0 Å². The van der Waals surface area contributed by atoms with Gasteiger partial charge in [-0.15, -0.1) is 0 Å². The Bertz CT molecular complexity index is 938. The van der Waals surface area contributed by atoms with Crippen molar-refractivity contribution < 1.29 is 26.5 Å². The smallest absolute Gasteiger partial charge is 0.264 e. The van der Waals surface area contributed by atoms with E-state index in [0.717, 1.165) is 16.4 Å². The molecule has 0 atom stereocenters. The molecule has 154 valence electrons. The summed E-state index contributed by atoms with van der Waals surface area (Å²) in [6, 6.07) is 3.27. The van der Waals surface area contributed by atoms with Crippen molar-refractivity contribution in [2.45, 2.75) is 43.7 Å². The van der Waals surface area contributed by atoms with Crippen LogP contribution in [0.1, 0.15) is 38.4 Å². The second kappa shape index (κ2) is 7.75. The van der Waals surface area contributed by atoms with Crippen LogP contribution in [0.4, 0.5) is 8.78 Å². The summed E-state index contributed by atoms with van der Waals surface area (Å²) in [6.07, 6.45) is 0.305. The van der Waals surface area contributed by atoms with E-state index in [1.165, 1.54) is 13.2 Å². The Kier molecular flexibility index (Phi) is 5.72. The maximum Gasteiger partial charge on any atom is 0.264 e. The van der Waals surface area contributed by atoms with Crippen molar-refractivity contribution in [2.24, 2.45) is 5.92 Å². The molecule has 28 heavy (non-hydrogen) atoms. The first-order chi connectivity index (χ1) is 13.2. The standard InChI is InChI=1S/C18H23F2N3O4S/c1-12(2)10-16-21-17(27-22-16)18(20)6-8-23(9-7-18)28(24,25)15-11-13(19)4-5-14(15)26-3/h4-5,11-12H,6-10H2,1-3H3. The van der Waals surface area contributed by atoms with E-state index in [0.29, 0.717) is 18.2 Å². The number of sulfonamides is 1. The lowest BCUT2D eigenvalue weighted by Crippen LogP contribution is -2.43. The highest BCUT2D eigenvalue weighted by atomic mass is 32.2. The second-order valence-electron chi connectivity index (χ2n) is 7.28. The quantitative estimate of drug-likeness (QED) is 0.721. The minimum atomic E-state index is -4.04. The number of hydrogen-bond acceptors (Lipinski definition) is 6. The Labute approximate surface area is 162 Å². The third-order valence-corrected chi connectivity index (χ3v) is 6.62. The zero-order valence-corrected chi connectivity index (χ0v) is 16.8. The van der Waals surface area contributed by atoms with E-state index >= 15 is 4.39 Å². The molecule has 0 bridgehead atoms. The molecule has 1 aliphatic heterocycles. The van der Waals surface area contributed by atoms with Crippen molar-refractivity contribution in [3.05, 3.63) is 35.7 Å². The summed E-state index contributed by atoms with van der Waals surface area (Å²) in [4.78, 5) is 3.86. The van der Waals surface area contributed by atoms with Crippen molar-refractivity contribution in [2.75, 3.05) is 20.2 Å². The summed E-state index contributed by atoms with van der Waals surface area (Å²) in [5, 5.41) is 3.81. The lowest BCUT2D eigenvalue weighted by molar-refractivity contribution is 0.0510. The molecule has 1 aliphatic rings. The number of piperidine rings is 1. The highest BCUT2D eigenvalue weighted by Gasteiger charge is 2.44. The summed E-state index contributed by atoms with van der Waals surface area (Å²) < 4.78 is 66.0. The summed E-state index contributed by atoms with van der Waals surface area (Å²) in [7, 11) is -2.73. The molecule has 1 aromatic heterocycles. The highest BCUT2D eigenvalue weighted by molar-refractivity contribution is 7.89. The molecule has 0 saturated carbocycles. The van der Waals surface area contributed by atoms with E-state index in [4.69, 9.17) is 9.26 Å². The van der Waals surface area contributed by atoms with Crippen LogP contribution in [0.25, 0.3) is 0 Å². The van der Waals surface area contributed by atoms with Crippen LogP contribution in [0.5, 0.6) is 5.75 Å². The fraction of sp³-hybridized carbons (Fsp3) is 0.556. The van der Waals surface area contributed by atoms with Crippen LogP contribution >= 0.6 is 0 Å². The number of halogens is 2. The molecule has 0 aliphatic carbocycles. The first kappa shape index (κ1) is 20.7. The number of hydrogen-bond donors (Lipinski definition) is 0. The second-order valence-corrected chi connectivity index (χ2v) is 9.18. The molecule has 2 aromatic rings. The fourth-order valence-corrected chi connectivity index (χ4v) is 4.78. The molecule has 0 amide bonds. The lowest BCUT2D eigenvalue weighted by Gasteiger charge is -2.33. The summed E-state index contributed by atoms with van der Waals surface area (Å²) >= 11 is 0. The van der Waals surface area contributed by atoms with E-state index < -0.39 is 21.5 Å². The molecule has 0 radical (unpaired) electrons. The summed E-state index contributed by atoms with van der Waals surface area (Å²) in [5.74, 6) is -0.0483. The molecule has 7 nitrogen and oxygen atoms in total. The SMILES string of the molecule is COc1ccc(F)cc1S(=O)(=O)N1CCC(F)(c2nc(CC(C)C)no2)CC1. The van der Waals surface area contributed by atoms with Gasteiger partial charge in [0.05, 0.1) is 7.11 Å². The molecular weight excluding hydrogens is 392 g/mol. The Morgan fingerprint density at radius 2 is 2.00 bits per heavy atom. The average Bonchev–Trinajstić information content (AvgIpc) is 3.10. The highest BCUT2D eigenvalue weighted by Crippen LogP contribution is 2.38. The first-order valence-electron chi connectivity index (χ1n) is 9.01. The van der Waals surface area contributed by atoms with Crippen molar-refractivity contribution in [3.8, 4) is 5.75 Å². The zero-order valence-electron chi connectivity index (χ0n) is 16.0. The van der Waals surface area contributed by atoms with Crippen LogP contribution in [0.15, 0.2) is 27.6 Å². The number of benzene rings is 1. The Morgan fingerprint density at radius 1 is 1.32 bits per heavy atom. The number of nitrogens with zero attached hydrogens (tertiary/aromatic N) is 3. The Hall–Kier alpha value is -2.07. The molecule has 1 aromatic carbocycles. The molecule has 0 spiro atoms. The van der Waals surface area contributed by atoms with Crippen molar-refractivity contribution >= 4 is 10.0 Å². The van der Waals surface area contributed by atoms with E-state index in [1.807, 2.05) is 13.8 Å². The van der Waals surface area contributed by atoms with Gasteiger partial charge in [-0.3, -0.25) is 0 Å².